The van der Waals surface area contributed by atoms with Gasteiger partial charge < -0.3 is 19.1 Å². The molecule has 1 fully saturated rings. The van der Waals surface area contributed by atoms with Crippen LogP contribution < -0.4 is 5.43 Å². The first-order chi connectivity index (χ1) is 12.1. The molecular weight excluding hydrogens is 330 g/mol. The summed E-state index contributed by atoms with van der Waals surface area (Å²) >= 11 is 0. The topological polar surface area (TPSA) is 97.4 Å². The normalized spacial score (nSPS) is 18.0. The van der Waals surface area contributed by atoms with E-state index >= 15 is 0 Å². The van der Waals surface area contributed by atoms with Crippen LogP contribution in [0.1, 0.15) is 33.1 Å². The van der Waals surface area contributed by atoms with Crippen molar-refractivity contribution in [2.24, 2.45) is 0 Å². The Morgan fingerprint density at radius 2 is 1.84 bits per heavy atom. The van der Waals surface area contributed by atoms with Gasteiger partial charge in [-0.3, -0.25) is 4.79 Å². The minimum atomic E-state index is -0.776. The van der Waals surface area contributed by atoms with Crippen molar-refractivity contribution in [1.29, 1.82) is 0 Å². The predicted molar refractivity (Wildman–Crippen MR) is 87.3 cm³/mol. The summed E-state index contributed by atoms with van der Waals surface area (Å²) in [7, 11) is 0. The van der Waals surface area contributed by atoms with Gasteiger partial charge in [-0.15, -0.1) is 0 Å². The molecule has 0 aromatic heterocycles. The fourth-order valence-corrected chi connectivity index (χ4v) is 2.84. The highest BCUT2D eigenvalue weighted by molar-refractivity contribution is 5.97. The number of morpholine rings is 1. The van der Waals surface area contributed by atoms with Gasteiger partial charge in [0.2, 0.25) is 0 Å². The molecule has 1 aliphatic heterocycles. The molecule has 2 rings (SSSR count). The molecule has 1 aliphatic carbocycles. The smallest absolute Gasteiger partial charge is 0.433 e. The maximum atomic E-state index is 12.5. The predicted octanol–water partition coefficient (Wildman–Crippen LogP) is 1.40. The van der Waals surface area contributed by atoms with Crippen molar-refractivity contribution in [3.05, 3.63) is 11.4 Å². The first kappa shape index (κ1) is 19.0. The highest BCUT2D eigenvalue weighted by atomic mass is 16.6. The lowest BCUT2D eigenvalue weighted by molar-refractivity contribution is -0.118. The maximum absolute atomic E-state index is 12.5. The van der Waals surface area contributed by atoms with Crippen LogP contribution >= 0.6 is 0 Å². The van der Waals surface area contributed by atoms with Gasteiger partial charge in [0.25, 0.3) is 0 Å². The number of allylic oxidation sites excluding steroid dienone is 2. The molecular formula is C16H25N3O6. The molecule has 0 aromatic rings. The molecule has 1 N–H and O–H groups in total. The van der Waals surface area contributed by atoms with Crippen LogP contribution in [0.5, 0.6) is 0 Å². The van der Waals surface area contributed by atoms with Gasteiger partial charge in [-0.05, 0) is 26.7 Å². The third kappa shape index (κ3) is 4.85. The van der Waals surface area contributed by atoms with Gasteiger partial charge in [0.05, 0.1) is 32.1 Å². The van der Waals surface area contributed by atoms with Crippen LogP contribution in [0.25, 0.3) is 0 Å². The second-order valence-electron chi connectivity index (χ2n) is 5.54. The monoisotopic (exact) mass is 355 g/mol. The summed E-state index contributed by atoms with van der Waals surface area (Å²) in [5.41, 5.74) is 3.27. The Labute approximate surface area is 146 Å². The summed E-state index contributed by atoms with van der Waals surface area (Å²) in [6.07, 6.45) is -0.0355. The van der Waals surface area contributed by atoms with Crippen molar-refractivity contribution in [1.82, 2.24) is 15.3 Å². The first-order valence-corrected chi connectivity index (χ1v) is 8.57. The lowest BCUT2D eigenvalue weighted by atomic mass is 9.98. The van der Waals surface area contributed by atoms with Gasteiger partial charge in [0.1, 0.15) is 5.70 Å². The second kappa shape index (κ2) is 9.26. The molecule has 0 aromatic carbocycles. The number of ketones is 1. The van der Waals surface area contributed by atoms with Crippen LogP contribution in [0, 0.1) is 0 Å². The summed E-state index contributed by atoms with van der Waals surface area (Å²) in [4.78, 5) is 38.6. The summed E-state index contributed by atoms with van der Waals surface area (Å²) in [5, 5.41) is 1.00. The summed E-state index contributed by atoms with van der Waals surface area (Å²) < 4.78 is 15.2. The molecule has 0 atom stereocenters. The largest absolute Gasteiger partial charge is 0.449 e. The minimum absolute atomic E-state index is 0.0527. The van der Waals surface area contributed by atoms with Crippen molar-refractivity contribution >= 4 is 18.0 Å². The fraction of sp³-hybridized carbons (Fsp3) is 0.688. The van der Waals surface area contributed by atoms with Gasteiger partial charge in [-0.2, -0.15) is 5.01 Å². The molecule has 0 saturated carbocycles. The van der Waals surface area contributed by atoms with Crippen LogP contribution in [0.3, 0.4) is 0 Å². The van der Waals surface area contributed by atoms with E-state index < -0.39 is 12.2 Å². The average Bonchev–Trinajstić information content (AvgIpc) is 2.60. The van der Waals surface area contributed by atoms with Gasteiger partial charge in [0, 0.05) is 19.5 Å². The number of hydrogen-bond donors (Lipinski definition) is 1. The zero-order valence-electron chi connectivity index (χ0n) is 14.7. The standard InChI is InChI=1S/C16H25N3O6/c1-3-24-15(21)17-19(16(22)25-4-2)12-6-5-7-13(20)14(12)18-8-10-23-11-9-18/h3-11H2,1-2H3,(H,17,21). The fourth-order valence-electron chi connectivity index (χ4n) is 2.84. The number of Topliss-reactive ketones (excluding diaryl/α,β-unsaturated/α-hetero) is 1. The quantitative estimate of drug-likeness (QED) is 0.761. The molecule has 0 spiro atoms. The number of carbonyl (C=O) groups excluding carboxylic acids is 3. The van der Waals surface area contributed by atoms with Gasteiger partial charge >= 0.3 is 12.2 Å². The van der Waals surface area contributed by atoms with Crippen LogP contribution in [0.4, 0.5) is 9.59 Å². The van der Waals surface area contributed by atoms with E-state index in [-0.39, 0.29) is 19.0 Å². The highest BCUT2D eigenvalue weighted by Gasteiger charge is 2.33. The number of hydrogen-bond acceptors (Lipinski definition) is 7. The van der Waals surface area contributed by atoms with Crippen LogP contribution in [-0.4, -0.2) is 67.4 Å². The maximum Gasteiger partial charge on any atom is 0.433 e. The van der Waals surface area contributed by atoms with Crippen molar-refractivity contribution in [2.75, 3.05) is 39.5 Å². The Morgan fingerprint density at radius 3 is 2.48 bits per heavy atom. The van der Waals surface area contributed by atoms with E-state index in [2.05, 4.69) is 5.43 Å². The molecule has 1 saturated heterocycles. The van der Waals surface area contributed by atoms with Crippen LogP contribution in [0.2, 0.25) is 0 Å². The van der Waals surface area contributed by atoms with Crippen molar-refractivity contribution < 1.29 is 28.6 Å². The summed E-state index contributed by atoms with van der Waals surface area (Å²) in [6, 6.07) is 0. The van der Waals surface area contributed by atoms with Crippen LogP contribution in [-0.2, 0) is 19.0 Å². The summed E-state index contributed by atoms with van der Waals surface area (Å²) in [6.45, 7) is 5.77. The third-order valence-corrected chi connectivity index (χ3v) is 3.88. The molecule has 140 valence electrons. The van der Waals surface area contributed by atoms with Gasteiger partial charge in [0.15, 0.2) is 5.78 Å². The third-order valence-electron chi connectivity index (χ3n) is 3.88. The SMILES string of the molecule is CCOC(=O)NN(C(=O)OCC)C1=C(N2CCOCC2)C(=O)CCC1. The van der Waals surface area contributed by atoms with E-state index in [4.69, 9.17) is 14.2 Å². The lowest BCUT2D eigenvalue weighted by Crippen LogP contribution is -2.49. The number of carbonyl (C=O) groups is 3. The summed E-state index contributed by atoms with van der Waals surface area (Å²) in [5.74, 6) is -0.0527. The number of rotatable bonds is 4. The number of nitrogens with one attached hydrogen (secondary N) is 1. The van der Waals surface area contributed by atoms with E-state index in [1.807, 2.05) is 4.90 Å². The second-order valence-corrected chi connectivity index (χ2v) is 5.54. The minimum Gasteiger partial charge on any atom is -0.449 e. The molecule has 9 heteroatoms. The Morgan fingerprint density at radius 1 is 1.16 bits per heavy atom. The molecule has 0 unspecified atom stereocenters. The number of amides is 2. The Bertz CT molecular complexity index is 542. The molecule has 9 nitrogen and oxygen atoms in total. The first-order valence-electron chi connectivity index (χ1n) is 8.57. The van der Waals surface area contributed by atoms with E-state index in [1.54, 1.807) is 13.8 Å². The Hall–Kier alpha value is -2.29. The zero-order valence-corrected chi connectivity index (χ0v) is 14.7. The highest BCUT2D eigenvalue weighted by Crippen LogP contribution is 2.28. The van der Waals surface area contributed by atoms with Crippen molar-refractivity contribution in [3.63, 3.8) is 0 Å². The average molecular weight is 355 g/mol. The van der Waals surface area contributed by atoms with Crippen molar-refractivity contribution in [2.45, 2.75) is 33.1 Å². The molecule has 0 radical (unpaired) electrons. The van der Waals surface area contributed by atoms with E-state index in [9.17, 15) is 14.4 Å². The molecule has 0 bridgehead atoms. The van der Waals surface area contributed by atoms with E-state index in [0.717, 1.165) is 5.01 Å². The van der Waals surface area contributed by atoms with Crippen molar-refractivity contribution in [3.8, 4) is 0 Å². The number of ether oxygens (including phenoxy) is 3. The molecule has 2 aliphatic rings. The number of nitrogens with zero attached hydrogens (tertiary/aromatic N) is 2. The Kier molecular flexibility index (Phi) is 7.05. The molecule has 1 heterocycles. The number of hydrazine groups is 1. The molecule has 2 amide bonds. The van der Waals surface area contributed by atoms with Crippen LogP contribution in [0.15, 0.2) is 11.4 Å². The molecule has 25 heavy (non-hydrogen) atoms. The van der Waals surface area contributed by atoms with E-state index in [1.165, 1.54) is 0 Å². The lowest BCUT2D eigenvalue weighted by Gasteiger charge is -2.36. The van der Waals surface area contributed by atoms with Gasteiger partial charge in [-0.25, -0.2) is 15.0 Å². The van der Waals surface area contributed by atoms with E-state index in [0.29, 0.717) is 57.0 Å². The van der Waals surface area contributed by atoms with Gasteiger partial charge in [-0.1, -0.05) is 0 Å². The zero-order chi connectivity index (χ0) is 18.2. The Balaban J connectivity index is 2.35.